The molecular weight excluding hydrogens is 553 g/mol. The number of aliphatic carboxylic acids is 3. The highest BCUT2D eigenvalue weighted by molar-refractivity contribution is 7.14. The van der Waals surface area contributed by atoms with Crippen molar-refractivity contribution in [2.45, 2.75) is 31.7 Å². The summed E-state index contributed by atoms with van der Waals surface area (Å²) in [5, 5.41) is 31.3. The summed E-state index contributed by atoms with van der Waals surface area (Å²) in [5.74, 6) is -6.39. The first kappa shape index (κ1) is 29.7. The van der Waals surface area contributed by atoms with Gasteiger partial charge >= 0.3 is 24.1 Å². The maximum absolute atomic E-state index is 12.8. The van der Waals surface area contributed by atoms with Gasteiger partial charge in [-0.05, 0) is 24.5 Å². The number of carboxylic acid groups (broad SMARTS) is 3. The van der Waals surface area contributed by atoms with Crippen LogP contribution in [0.5, 0.6) is 0 Å². The van der Waals surface area contributed by atoms with Crippen molar-refractivity contribution in [3.8, 4) is 0 Å². The van der Waals surface area contributed by atoms with Gasteiger partial charge < -0.3 is 26.0 Å². The summed E-state index contributed by atoms with van der Waals surface area (Å²) >= 11 is 1.42. The summed E-state index contributed by atoms with van der Waals surface area (Å²) < 4.78 is 31.7. The molecule has 2 heterocycles. The monoisotopic (exact) mass is 574 g/mol. The van der Waals surface area contributed by atoms with Crippen LogP contribution in [0.4, 0.5) is 13.2 Å². The molecule has 16 heteroatoms. The lowest BCUT2D eigenvalue weighted by atomic mass is 10.1. The van der Waals surface area contributed by atoms with E-state index in [1.165, 1.54) is 29.5 Å². The van der Waals surface area contributed by atoms with Crippen LogP contribution in [-0.2, 0) is 42.7 Å². The van der Waals surface area contributed by atoms with E-state index in [1.807, 2.05) is 6.92 Å². The van der Waals surface area contributed by atoms with Gasteiger partial charge in [0.25, 0.3) is 11.5 Å². The zero-order valence-electron chi connectivity index (χ0n) is 20.0. The fourth-order valence-corrected chi connectivity index (χ4v) is 5.14. The second-order valence-corrected chi connectivity index (χ2v) is 9.35. The van der Waals surface area contributed by atoms with Gasteiger partial charge in [0, 0.05) is 34.7 Å². The van der Waals surface area contributed by atoms with Crippen LogP contribution in [-0.4, -0.2) is 70.8 Å². The number of amides is 1. The van der Waals surface area contributed by atoms with Crippen LogP contribution in [0.25, 0.3) is 0 Å². The number of carbonyl (C=O) groups is 5. The van der Waals surface area contributed by atoms with Crippen molar-refractivity contribution in [1.82, 2.24) is 10.6 Å². The first-order valence-electron chi connectivity index (χ1n) is 11.0. The number of Topliss-reactive ketones (excluding diaryl/α,β-unsaturated/α-hetero) is 1. The molecule has 39 heavy (non-hydrogen) atoms. The topological polar surface area (TPSA) is 189 Å². The molecule has 0 radical (unpaired) electrons. The Morgan fingerprint density at radius 1 is 1.15 bits per heavy atom. The van der Waals surface area contributed by atoms with Gasteiger partial charge in [-0.3, -0.25) is 9.59 Å². The van der Waals surface area contributed by atoms with Crippen molar-refractivity contribution in [2.24, 2.45) is 0 Å². The molecule has 5 N–H and O–H groups in total. The number of alkyl halides is 3. The van der Waals surface area contributed by atoms with Crippen molar-refractivity contribution >= 4 is 40.9 Å². The molecule has 4 rings (SSSR count). The molecule has 1 aliphatic heterocycles. The van der Waals surface area contributed by atoms with E-state index in [0.717, 1.165) is 29.0 Å². The number of hydrogen-bond donors (Lipinski definition) is 5. The molecule has 0 bridgehead atoms. The first-order chi connectivity index (χ1) is 18.2. The molecule has 0 saturated carbocycles. The number of nitrogens with one attached hydrogen (secondary N) is 2. The molecule has 1 atom stereocenters. The van der Waals surface area contributed by atoms with Crippen LogP contribution in [0.15, 0.2) is 18.2 Å². The van der Waals surface area contributed by atoms with Gasteiger partial charge in [-0.25, -0.2) is 24.2 Å². The molecule has 0 spiro atoms. The molecule has 1 aliphatic carbocycles. The van der Waals surface area contributed by atoms with Gasteiger partial charge in [0.1, 0.15) is 0 Å². The van der Waals surface area contributed by atoms with E-state index in [0.29, 0.717) is 11.4 Å². The van der Waals surface area contributed by atoms with E-state index < -0.39 is 42.1 Å². The summed E-state index contributed by atoms with van der Waals surface area (Å²) in [4.78, 5) is 68.0. The Bertz CT molecular complexity index is 1340. The number of halogens is 3. The van der Waals surface area contributed by atoms with Crippen LogP contribution in [0.1, 0.15) is 47.2 Å². The molecular formula is C23H21F3N2O10S. The Kier molecular flexibility index (Phi) is 8.74. The minimum absolute atomic E-state index is 0.0653. The van der Waals surface area contributed by atoms with E-state index in [9.17, 15) is 37.5 Å². The van der Waals surface area contributed by atoms with Gasteiger partial charge in [0.15, 0.2) is 12.4 Å². The Balaban J connectivity index is 0.000000532. The quantitative estimate of drug-likeness (QED) is 0.166. The average molecular weight is 574 g/mol. The summed E-state index contributed by atoms with van der Waals surface area (Å²) in [7, 11) is 0. The summed E-state index contributed by atoms with van der Waals surface area (Å²) in [6, 6.07) is 4.37. The molecule has 2 aliphatic rings. The number of carbonyl (C=O) groups excluding carboxylic acids is 2. The predicted molar refractivity (Wildman–Crippen MR) is 124 cm³/mol. The van der Waals surface area contributed by atoms with Crippen LogP contribution in [0, 0.1) is 6.92 Å². The molecule has 12 nitrogen and oxygen atoms in total. The lowest BCUT2D eigenvalue weighted by Gasteiger charge is -2.12. The van der Waals surface area contributed by atoms with Gasteiger partial charge in [0.05, 0.1) is 11.4 Å². The zero-order chi connectivity index (χ0) is 29.1. The Morgan fingerprint density at radius 2 is 1.82 bits per heavy atom. The van der Waals surface area contributed by atoms with Crippen LogP contribution in [0.3, 0.4) is 0 Å². The second kappa shape index (κ2) is 11.5. The summed E-state index contributed by atoms with van der Waals surface area (Å²) in [6.45, 7) is 2.25. The van der Waals surface area contributed by atoms with Gasteiger partial charge in [-0.15, -0.1) is 11.3 Å². The lowest BCUT2D eigenvalue weighted by Crippen LogP contribution is -2.31. The average Bonchev–Trinajstić information content (AvgIpc) is 3.41. The van der Waals surface area contributed by atoms with E-state index in [1.54, 1.807) is 0 Å². The summed E-state index contributed by atoms with van der Waals surface area (Å²) in [6.07, 6.45) is -4.23. The largest absolute Gasteiger partial charge is 0.490 e. The second-order valence-electron chi connectivity index (χ2n) is 8.25. The fraction of sp³-hybridized carbons (Fsp3) is 0.348. The van der Waals surface area contributed by atoms with Gasteiger partial charge in [0.2, 0.25) is 0 Å². The normalized spacial score (nSPS) is 17.1. The number of benzene rings is 1. The third kappa shape index (κ3) is 6.25. The smallest absolute Gasteiger partial charge is 0.479 e. The van der Waals surface area contributed by atoms with Gasteiger partial charge in [-0.2, -0.15) is 13.2 Å². The van der Waals surface area contributed by atoms with Crippen molar-refractivity contribution in [2.75, 3.05) is 19.7 Å². The highest BCUT2D eigenvalue weighted by Crippen LogP contribution is 2.53. The first-order valence-corrected chi connectivity index (χ1v) is 11.9. The molecule has 1 unspecified atom stereocenters. The fourth-order valence-electron chi connectivity index (χ4n) is 3.90. The predicted octanol–water partition coefficient (Wildman–Crippen LogP) is 1.62. The van der Waals surface area contributed by atoms with E-state index in [2.05, 4.69) is 15.5 Å². The van der Waals surface area contributed by atoms with E-state index in [-0.39, 0.29) is 29.1 Å². The Labute approximate surface area is 221 Å². The molecule has 1 aromatic carbocycles. The Morgan fingerprint density at radius 3 is 2.38 bits per heavy atom. The van der Waals surface area contributed by atoms with Crippen LogP contribution >= 0.6 is 11.3 Å². The van der Waals surface area contributed by atoms with Crippen molar-refractivity contribution in [1.29, 1.82) is 0 Å². The highest BCUT2D eigenvalue weighted by Gasteiger charge is 2.63. The number of fused-ring (bicyclic) bond motifs is 2. The number of hydrogen-bond acceptors (Lipinski definition) is 9. The van der Waals surface area contributed by atoms with Crippen molar-refractivity contribution < 1.29 is 62.2 Å². The molecule has 2 aromatic rings. The number of carboxylic acids is 3. The van der Waals surface area contributed by atoms with Crippen molar-refractivity contribution in [3.05, 3.63) is 55.8 Å². The molecule has 0 saturated heterocycles. The third-order valence-corrected chi connectivity index (χ3v) is 7.14. The minimum Gasteiger partial charge on any atom is -0.479 e. The zero-order valence-corrected chi connectivity index (χ0v) is 20.8. The molecule has 210 valence electrons. The number of ketones is 1. The highest BCUT2D eigenvalue weighted by atomic mass is 32.1. The SMILES string of the molecule is Cc1c(C(=O)NCC(=O)c2cccc3c2C3(OOCC(=O)O)C(=O)O)sc2c1CNCC2.O=C(O)C(F)(F)F. The number of rotatable bonds is 9. The maximum Gasteiger partial charge on any atom is 0.490 e. The Hall–Kier alpha value is -3.86. The molecule has 1 amide bonds. The van der Waals surface area contributed by atoms with Crippen LogP contribution < -0.4 is 10.6 Å². The standard InChI is InChI=1S/C21H20N2O8S.C2HF3O2/c1-10-12-7-22-6-5-15(12)32-18(10)19(27)23-8-14(24)11-3-2-4-13-17(11)21(13,20(28)29)31-30-9-16(25)26;3-2(4,5)1(6)7/h2-4,22H,5-9H2,1H3,(H,23,27)(H,25,26)(H,28,29);(H,6,7). The third-order valence-electron chi connectivity index (χ3n) is 5.75. The minimum atomic E-state index is -5.08. The number of thiophene rings is 1. The van der Waals surface area contributed by atoms with Gasteiger partial charge in [-0.1, -0.05) is 18.2 Å². The lowest BCUT2D eigenvalue weighted by molar-refractivity contribution is -0.333. The van der Waals surface area contributed by atoms with Crippen LogP contribution in [0.2, 0.25) is 0 Å². The molecule has 0 fully saturated rings. The maximum atomic E-state index is 12.8. The van der Waals surface area contributed by atoms with Crippen molar-refractivity contribution in [3.63, 3.8) is 0 Å². The molecule has 1 aromatic heterocycles. The van der Waals surface area contributed by atoms with E-state index >= 15 is 0 Å². The summed E-state index contributed by atoms with van der Waals surface area (Å²) in [5.41, 5.74) is 0.325. The van der Waals surface area contributed by atoms with E-state index in [4.69, 9.17) is 19.9 Å².